The van der Waals surface area contributed by atoms with Crippen LogP contribution < -0.4 is 5.32 Å². The fourth-order valence-electron chi connectivity index (χ4n) is 1.94. The van der Waals surface area contributed by atoms with E-state index in [0.29, 0.717) is 6.54 Å². The molecule has 2 aromatic rings. The molecular weight excluding hydrogens is 282 g/mol. The summed E-state index contributed by atoms with van der Waals surface area (Å²) in [6.07, 6.45) is 1.76. The summed E-state index contributed by atoms with van der Waals surface area (Å²) < 4.78 is 26.5. The summed E-state index contributed by atoms with van der Waals surface area (Å²) in [6.45, 7) is 4.11. The molecule has 0 aliphatic heterocycles. The zero-order valence-corrected chi connectivity index (χ0v) is 12.1. The molecule has 2 rings (SSSR count). The van der Waals surface area contributed by atoms with Gasteiger partial charge in [-0.1, -0.05) is 6.07 Å². The second kappa shape index (κ2) is 5.95. The lowest BCUT2D eigenvalue weighted by Gasteiger charge is -2.24. The first-order valence-corrected chi connectivity index (χ1v) is 7.00. The molecular formula is C14H16F2N2OS. The molecule has 0 aliphatic rings. The second-order valence-corrected chi connectivity index (χ2v) is 6.17. The number of halogens is 2. The Morgan fingerprint density at radius 3 is 2.75 bits per heavy atom. The molecule has 1 unspecified atom stereocenters. The van der Waals surface area contributed by atoms with Crippen LogP contribution in [-0.4, -0.2) is 16.6 Å². The Balaban J connectivity index is 1.99. The van der Waals surface area contributed by atoms with Gasteiger partial charge in [-0.3, -0.25) is 0 Å². The number of aliphatic hydroxyl groups is 1. The molecule has 0 saturated heterocycles. The average molecular weight is 298 g/mol. The van der Waals surface area contributed by atoms with Gasteiger partial charge in [0.05, 0.1) is 5.01 Å². The number of aromatic nitrogens is 1. The van der Waals surface area contributed by atoms with Crippen LogP contribution in [0.3, 0.4) is 0 Å². The van der Waals surface area contributed by atoms with Crippen molar-refractivity contribution in [3.05, 3.63) is 51.5 Å². The molecule has 0 aliphatic carbocycles. The van der Waals surface area contributed by atoms with Crippen molar-refractivity contribution in [2.24, 2.45) is 0 Å². The Bertz CT molecular complexity index is 599. The number of benzene rings is 1. The van der Waals surface area contributed by atoms with E-state index in [2.05, 4.69) is 10.3 Å². The van der Waals surface area contributed by atoms with Crippen molar-refractivity contribution in [2.45, 2.75) is 26.0 Å². The van der Waals surface area contributed by atoms with Gasteiger partial charge in [0, 0.05) is 35.8 Å². The first-order valence-electron chi connectivity index (χ1n) is 6.18. The normalized spacial score (nSPS) is 14.2. The maximum atomic E-state index is 13.7. The Morgan fingerprint density at radius 1 is 1.40 bits per heavy atom. The predicted molar refractivity (Wildman–Crippen MR) is 74.5 cm³/mol. The predicted octanol–water partition coefficient (Wildman–Crippen LogP) is 2.73. The van der Waals surface area contributed by atoms with Crippen molar-refractivity contribution in [2.75, 3.05) is 6.54 Å². The van der Waals surface area contributed by atoms with Crippen molar-refractivity contribution < 1.29 is 13.9 Å². The van der Waals surface area contributed by atoms with Gasteiger partial charge in [0.2, 0.25) is 0 Å². The smallest absolute Gasteiger partial charge is 0.132 e. The van der Waals surface area contributed by atoms with E-state index < -0.39 is 17.2 Å². The lowest BCUT2D eigenvalue weighted by atomic mass is 9.95. The molecule has 0 spiro atoms. The van der Waals surface area contributed by atoms with Gasteiger partial charge < -0.3 is 10.4 Å². The third-order valence-corrected chi connectivity index (χ3v) is 3.86. The zero-order valence-electron chi connectivity index (χ0n) is 11.3. The SMILES string of the molecule is Cc1ncc(CNCC(C)(O)c2ccc(F)cc2F)s1. The van der Waals surface area contributed by atoms with Gasteiger partial charge in [0.15, 0.2) is 0 Å². The van der Waals surface area contributed by atoms with Crippen LogP contribution in [-0.2, 0) is 12.1 Å². The van der Waals surface area contributed by atoms with Crippen molar-refractivity contribution in [3.63, 3.8) is 0 Å². The number of hydrogen-bond acceptors (Lipinski definition) is 4. The van der Waals surface area contributed by atoms with Gasteiger partial charge in [-0.15, -0.1) is 11.3 Å². The first kappa shape index (κ1) is 15.0. The zero-order chi connectivity index (χ0) is 14.8. The van der Waals surface area contributed by atoms with Crippen LogP contribution in [0, 0.1) is 18.6 Å². The van der Waals surface area contributed by atoms with Crippen molar-refractivity contribution in [1.82, 2.24) is 10.3 Å². The van der Waals surface area contributed by atoms with Crippen LogP contribution in [0.5, 0.6) is 0 Å². The second-order valence-electron chi connectivity index (χ2n) is 4.85. The maximum Gasteiger partial charge on any atom is 0.132 e. The standard InChI is InChI=1S/C14H16F2N2OS/c1-9-18-7-11(20-9)6-17-8-14(2,19)12-4-3-10(15)5-13(12)16/h3-5,7,17,19H,6,8H2,1-2H3. The van der Waals surface area contributed by atoms with Crippen LogP contribution in [0.25, 0.3) is 0 Å². The number of hydrogen-bond donors (Lipinski definition) is 2. The molecule has 3 nitrogen and oxygen atoms in total. The van der Waals surface area contributed by atoms with Crippen LogP contribution in [0.4, 0.5) is 8.78 Å². The molecule has 1 aromatic carbocycles. The van der Waals surface area contributed by atoms with E-state index in [0.717, 1.165) is 22.0 Å². The topological polar surface area (TPSA) is 45.2 Å². The number of thiazole rings is 1. The summed E-state index contributed by atoms with van der Waals surface area (Å²) in [5.41, 5.74) is -1.33. The highest BCUT2D eigenvalue weighted by atomic mass is 32.1. The lowest BCUT2D eigenvalue weighted by Crippen LogP contribution is -2.35. The van der Waals surface area contributed by atoms with Crippen LogP contribution in [0.1, 0.15) is 22.4 Å². The summed E-state index contributed by atoms with van der Waals surface area (Å²) >= 11 is 1.56. The number of nitrogens with one attached hydrogen (secondary N) is 1. The van der Waals surface area contributed by atoms with Gasteiger partial charge >= 0.3 is 0 Å². The fourth-order valence-corrected chi connectivity index (χ4v) is 2.70. The molecule has 0 bridgehead atoms. The van der Waals surface area contributed by atoms with Crippen molar-refractivity contribution in [1.29, 1.82) is 0 Å². The fraction of sp³-hybridized carbons (Fsp3) is 0.357. The summed E-state index contributed by atoms with van der Waals surface area (Å²) in [6, 6.07) is 3.18. The molecule has 20 heavy (non-hydrogen) atoms. The minimum atomic E-state index is -1.41. The van der Waals surface area contributed by atoms with Gasteiger partial charge in [-0.25, -0.2) is 13.8 Å². The van der Waals surface area contributed by atoms with Crippen LogP contribution in [0.15, 0.2) is 24.4 Å². The summed E-state index contributed by atoms with van der Waals surface area (Å²) in [4.78, 5) is 5.17. The molecule has 0 fully saturated rings. The highest BCUT2D eigenvalue weighted by Crippen LogP contribution is 2.23. The quantitative estimate of drug-likeness (QED) is 0.892. The Kier molecular flexibility index (Phi) is 4.47. The van der Waals surface area contributed by atoms with E-state index in [1.807, 2.05) is 6.92 Å². The maximum absolute atomic E-state index is 13.7. The molecule has 6 heteroatoms. The van der Waals surface area contributed by atoms with Crippen LogP contribution in [0.2, 0.25) is 0 Å². The highest BCUT2D eigenvalue weighted by molar-refractivity contribution is 7.11. The first-order chi connectivity index (χ1) is 9.38. The molecule has 2 N–H and O–H groups in total. The van der Waals surface area contributed by atoms with E-state index in [1.54, 1.807) is 17.5 Å². The number of aryl methyl sites for hydroxylation is 1. The number of rotatable bonds is 5. The van der Waals surface area contributed by atoms with Crippen molar-refractivity contribution in [3.8, 4) is 0 Å². The average Bonchev–Trinajstić information content (AvgIpc) is 2.74. The third-order valence-electron chi connectivity index (χ3n) is 2.95. The molecule has 0 radical (unpaired) electrons. The van der Waals surface area contributed by atoms with E-state index in [1.165, 1.54) is 13.0 Å². The molecule has 1 atom stereocenters. The summed E-state index contributed by atoms with van der Waals surface area (Å²) in [5.74, 6) is -1.40. The van der Waals surface area contributed by atoms with E-state index in [9.17, 15) is 13.9 Å². The minimum Gasteiger partial charge on any atom is -0.384 e. The molecule has 0 saturated carbocycles. The van der Waals surface area contributed by atoms with E-state index >= 15 is 0 Å². The van der Waals surface area contributed by atoms with Gasteiger partial charge in [0.1, 0.15) is 17.2 Å². The molecule has 108 valence electrons. The van der Waals surface area contributed by atoms with Gasteiger partial charge in [0.25, 0.3) is 0 Å². The Hall–Kier alpha value is -1.37. The largest absolute Gasteiger partial charge is 0.384 e. The van der Waals surface area contributed by atoms with Crippen molar-refractivity contribution >= 4 is 11.3 Å². The van der Waals surface area contributed by atoms with Gasteiger partial charge in [-0.2, -0.15) is 0 Å². The third kappa shape index (κ3) is 3.59. The lowest BCUT2D eigenvalue weighted by molar-refractivity contribution is 0.0529. The summed E-state index contributed by atoms with van der Waals surface area (Å²) in [7, 11) is 0. The number of nitrogens with zero attached hydrogens (tertiary/aromatic N) is 1. The Morgan fingerprint density at radius 2 is 2.15 bits per heavy atom. The molecule has 1 aromatic heterocycles. The Labute approximate surface area is 120 Å². The minimum absolute atomic E-state index is 0.0758. The van der Waals surface area contributed by atoms with E-state index in [4.69, 9.17) is 0 Å². The monoisotopic (exact) mass is 298 g/mol. The molecule has 1 heterocycles. The summed E-state index contributed by atoms with van der Waals surface area (Å²) in [5, 5.41) is 14.3. The van der Waals surface area contributed by atoms with E-state index in [-0.39, 0.29) is 12.1 Å². The van der Waals surface area contributed by atoms with Crippen LogP contribution >= 0.6 is 11.3 Å². The molecule has 0 amide bonds. The highest BCUT2D eigenvalue weighted by Gasteiger charge is 2.26. The van der Waals surface area contributed by atoms with Gasteiger partial charge in [-0.05, 0) is 19.9 Å².